The highest BCUT2D eigenvalue weighted by Gasteiger charge is 2.12. The predicted molar refractivity (Wildman–Crippen MR) is 102 cm³/mol. The molecule has 26 heavy (non-hydrogen) atoms. The summed E-state index contributed by atoms with van der Waals surface area (Å²) in [6.45, 7) is 4.81. The number of oxazole rings is 1. The number of carbonyl (C=O) groups is 1. The maximum Gasteiger partial charge on any atom is 0.315 e. The smallest absolute Gasteiger partial charge is 0.315 e. The van der Waals surface area contributed by atoms with Crippen molar-refractivity contribution in [2.45, 2.75) is 26.8 Å². The van der Waals surface area contributed by atoms with E-state index < -0.39 is 0 Å². The summed E-state index contributed by atoms with van der Waals surface area (Å²) in [6, 6.07) is 17.9. The van der Waals surface area contributed by atoms with Crippen molar-refractivity contribution in [2.24, 2.45) is 0 Å². The van der Waals surface area contributed by atoms with E-state index in [0.29, 0.717) is 24.7 Å². The molecular weight excluding hydrogens is 326 g/mol. The summed E-state index contributed by atoms with van der Waals surface area (Å²) in [7, 11) is 0. The molecule has 2 N–H and O–H groups in total. The minimum atomic E-state index is -0.208. The number of carbonyl (C=O) groups excluding carboxylic acids is 1. The number of urea groups is 1. The lowest BCUT2D eigenvalue weighted by atomic mass is 10.1. The second kappa shape index (κ2) is 8.34. The summed E-state index contributed by atoms with van der Waals surface area (Å²) in [5, 5.41) is 5.68. The molecule has 0 fully saturated rings. The Labute approximate surface area is 153 Å². The van der Waals surface area contributed by atoms with Crippen molar-refractivity contribution < 1.29 is 9.21 Å². The largest absolute Gasteiger partial charge is 0.441 e. The molecule has 0 saturated heterocycles. The minimum Gasteiger partial charge on any atom is -0.441 e. The summed E-state index contributed by atoms with van der Waals surface area (Å²) in [5.41, 5.74) is 4.05. The van der Waals surface area contributed by atoms with Crippen LogP contribution < -0.4 is 10.6 Å². The summed E-state index contributed by atoms with van der Waals surface area (Å²) in [5.74, 6) is 1.29. The van der Waals surface area contributed by atoms with Crippen LogP contribution in [0.3, 0.4) is 0 Å². The first-order valence-electron chi connectivity index (χ1n) is 8.71. The van der Waals surface area contributed by atoms with Crippen LogP contribution in [0.15, 0.2) is 59.0 Å². The molecule has 0 aliphatic heterocycles. The summed E-state index contributed by atoms with van der Waals surface area (Å²) < 4.78 is 5.73. The highest BCUT2D eigenvalue weighted by molar-refractivity contribution is 5.73. The Morgan fingerprint density at radius 2 is 1.73 bits per heavy atom. The third-order valence-corrected chi connectivity index (χ3v) is 4.15. The zero-order chi connectivity index (χ0) is 18.4. The molecule has 134 valence electrons. The number of hydrogen-bond acceptors (Lipinski definition) is 3. The quantitative estimate of drug-likeness (QED) is 0.707. The topological polar surface area (TPSA) is 67.2 Å². The highest BCUT2D eigenvalue weighted by Crippen LogP contribution is 2.22. The molecule has 2 amide bonds. The zero-order valence-corrected chi connectivity index (χ0v) is 15.1. The number of nitrogens with zero attached hydrogens (tertiary/aromatic N) is 1. The maximum absolute atomic E-state index is 12.0. The van der Waals surface area contributed by atoms with Crippen LogP contribution in [0.25, 0.3) is 11.5 Å². The number of aryl methyl sites for hydroxylation is 2. The summed E-state index contributed by atoms with van der Waals surface area (Å²) in [6.07, 6.45) is 0.800. The van der Waals surface area contributed by atoms with Crippen LogP contribution in [-0.2, 0) is 13.0 Å². The third-order valence-electron chi connectivity index (χ3n) is 4.15. The van der Waals surface area contributed by atoms with Crippen LogP contribution in [0.1, 0.15) is 22.6 Å². The Hall–Kier alpha value is -3.08. The fraction of sp³-hybridized carbons (Fsp3) is 0.238. The van der Waals surface area contributed by atoms with E-state index in [0.717, 1.165) is 17.7 Å². The molecular formula is C21H23N3O2. The third kappa shape index (κ3) is 4.72. The van der Waals surface area contributed by atoms with Gasteiger partial charge in [-0.3, -0.25) is 0 Å². The van der Waals surface area contributed by atoms with E-state index in [1.54, 1.807) is 0 Å². The van der Waals surface area contributed by atoms with Crippen molar-refractivity contribution >= 4 is 6.03 Å². The van der Waals surface area contributed by atoms with Crippen LogP contribution in [0.2, 0.25) is 0 Å². The van der Waals surface area contributed by atoms with Gasteiger partial charge in [0.25, 0.3) is 0 Å². The Bertz CT molecular complexity index is 855. The van der Waals surface area contributed by atoms with E-state index in [9.17, 15) is 4.79 Å². The van der Waals surface area contributed by atoms with Gasteiger partial charge in [0.15, 0.2) is 0 Å². The van der Waals surface area contributed by atoms with Crippen LogP contribution in [0, 0.1) is 13.8 Å². The van der Waals surface area contributed by atoms with Gasteiger partial charge in [0.2, 0.25) is 5.89 Å². The van der Waals surface area contributed by atoms with Gasteiger partial charge in [-0.15, -0.1) is 0 Å². The molecule has 0 saturated carbocycles. The highest BCUT2D eigenvalue weighted by atomic mass is 16.4. The van der Waals surface area contributed by atoms with Crippen LogP contribution in [0.5, 0.6) is 0 Å². The lowest BCUT2D eigenvalue weighted by Crippen LogP contribution is -2.36. The zero-order valence-electron chi connectivity index (χ0n) is 15.1. The fourth-order valence-electron chi connectivity index (χ4n) is 2.60. The molecule has 0 aliphatic carbocycles. The first kappa shape index (κ1) is 17.7. The predicted octanol–water partition coefficient (Wildman–Crippen LogP) is 4.00. The van der Waals surface area contributed by atoms with Crippen molar-refractivity contribution in [2.75, 3.05) is 6.54 Å². The number of aromatic nitrogens is 1. The van der Waals surface area contributed by atoms with E-state index in [2.05, 4.69) is 15.6 Å². The van der Waals surface area contributed by atoms with Gasteiger partial charge in [-0.1, -0.05) is 48.0 Å². The summed E-state index contributed by atoms with van der Waals surface area (Å²) >= 11 is 0. The molecule has 0 unspecified atom stereocenters. The van der Waals surface area contributed by atoms with E-state index >= 15 is 0 Å². The fourth-order valence-corrected chi connectivity index (χ4v) is 2.60. The lowest BCUT2D eigenvalue weighted by Gasteiger charge is -2.06. The van der Waals surface area contributed by atoms with E-state index in [4.69, 9.17) is 4.42 Å². The van der Waals surface area contributed by atoms with Crippen molar-refractivity contribution in [1.29, 1.82) is 0 Å². The van der Waals surface area contributed by atoms with Crippen molar-refractivity contribution in [3.63, 3.8) is 0 Å². The molecule has 0 atom stereocenters. The van der Waals surface area contributed by atoms with Gasteiger partial charge in [-0.2, -0.15) is 0 Å². The molecule has 1 aromatic heterocycles. The number of nitrogens with one attached hydrogen (secondary N) is 2. The monoisotopic (exact) mass is 349 g/mol. The maximum atomic E-state index is 12.0. The molecule has 0 aliphatic rings. The van der Waals surface area contributed by atoms with Gasteiger partial charge >= 0.3 is 6.03 Å². The molecule has 2 aromatic carbocycles. The van der Waals surface area contributed by atoms with Crippen LogP contribution >= 0.6 is 0 Å². The number of benzene rings is 2. The standard InChI is InChI=1S/C21H23N3O2/c1-15-8-10-18(11-9-15)20-24-19(16(2)26-20)14-23-21(25)22-13-12-17-6-4-3-5-7-17/h3-11H,12-14H2,1-2H3,(H2,22,23,25). The Morgan fingerprint density at radius 3 is 2.46 bits per heavy atom. The molecule has 0 spiro atoms. The van der Waals surface area contributed by atoms with Gasteiger partial charge in [0.1, 0.15) is 11.5 Å². The first-order valence-corrected chi connectivity index (χ1v) is 8.71. The molecule has 3 rings (SSSR count). The van der Waals surface area contributed by atoms with Gasteiger partial charge in [-0.25, -0.2) is 9.78 Å². The van der Waals surface area contributed by atoms with E-state index in [1.165, 1.54) is 11.1 Å². The van der Waals surface area contributed by atoms with Crippen LogP contribution in [-0.4, -0.2) is 17.6 Å². The molecule has 1 heterocycles. The Morgan fingerprint density at radius 1 is 1.00 bits per heavy atom. The van der Waals surface area contributed by atoms with Crippen LogP contribution in [0.4, 0.5) is 4.79 Å². The number of rotatable bonds is 6. The lowest BCUT2D eigenvalue weighted by molar-refractivity contribution is 0.240. The molecule has 3 aromatic rings. The van der Waals surface area contributed by atoms with Gasteiger partial charge in [0.05, 0.1) is 6.54 Å². The number of amides is 2. The van der Waals surface area contributed by atoms with E-state index in [-0.39, 0.29) is 6.03 Å². The van der Waals surface area contributed by atoms with Gasteiger partial charge in [0, 0.05) is 12.1 Å². The van der Waals surface area contributed by atoms with Crippen molar-refractivity contribution in [3.8, 4) is 11.5 Å². The average molecular weight is 349 g/mol. The first-order chi connectivity index (χ1) is 12.6. The van der Waals surface area contributed by atoms with Crippen molar-refractivity contribution in [3.05, 3.63) is 77.2 Å². The Kier molecular flexibility index (Phi) is 5.69. The Balaban J connectivity index is 1.49. The molecule has 0 radical (unpaired) electrons. The SMILES string of the molecule is Cc1ccc(-c2nc(CNC(=O)NCCc3ccccc3)c(C)o2)cc1. The molecule has 5 heteroatoms. The van der Waals surface area contributed by atoms with Gasteiger partial charge in [-0.05, 0) is 38.0 Å². The summed E-state index contributed by atoms with van der Waals surface area (Å²) in [4.78, 5) is 16.5. The second-order valence-corrected chi connectivity index (χ2v) is 6.23. The van der Waals surface area contributed by atoms with Crippen molar-refractivity contribution in [1.82, 2.24) is 15.6 Å². The average Bonchev–Trinajstić information content (AvgIpc) is 3.02. The molecule has 5 nitrogen and oxygen atoms in total. The normalized spacial score (nSPS) is 10.5. The minimum absolute atomic E-state index is 0.208. The second-order valence-electron chi connectivity index (χ2n) is 6.23. The molecule has 0 bridgehead atoms. The van der Waals surface area contributed by atoms with E-state index in [1.807, 2.05) is 68.4 Å². The number of hydrogen-bond donors (Lipinski definition) is 2. The van der Waals surface area contributed by atoms with Gasteiger partial charge < -0.3 is 15.1 Å².